The van der Waals surface area contributed by atoms with Crippen LogP contribution in [0.5, 0.6) is 0 Å². The van der Waals surface area contributed by atoms with Gasteiger partial charge in [0, 0.05) is 6.61 Å². The van der Waals surface area contributed by atoms with Crippen molar-refractivity contribution in [3.63, 3.8) is 0 Å². The molecule has 0 saturated carbocycles. The first kappa shape index (κ1) is 10.2. The quantitative estimate of drug-likeness (QED) is 0.694. The second kappa shape index (κ2) is 4.44. The fraction of sp³-hybridized carbons (Fsp3) is 0.600. The summed E-state index contributed by atoms with van der Waals surface area (Å²) in [4.78, 5) is 15.3. The number of imidazole rings is 1. The molecule has 5 heteroatoms. The molecule has 1 atom stereocenters. The Bertz CT molecular complexity index is 342. The molecule has 15 heavy (non-hydrogen) atoms. The van der Waals surface area contributed by atoms with Crippen molar-refractivity contribution in [3.05, 3.63) is 18.2 Å². The SMILES string of the molecule is COC(=O)c1cncn1C[C@H]1CCCO1. The number of hydrogen-bond acceptors (Lipinski definition) is 4. The number of hydrogen-bond donors (Lipinski definition) is 0. The van der Waals surface area contributed by atoms with Crippen LogP contribution in [-0.2, 0) is 16.0 Å². The number of rotatable bonds is 3. The van der Waals surface area contributed by atoms with E-state index in [1.165, 1.54) is 13.3 Å². The molecule has 5 nitrogen and oxygen atoms in total. The van der Waals surface area contributed by atoms with Crippen LogP contribution in [0.4, 0.5) is 0 Å². The molecule has 0 unspecified atom stereocenters. The van der Waals surface area contributed by atoms with Crippen LogP contribution in [0.1, 0.15) is 23.3 Å². The summed E-state index contributed by atoms with van der Waals surface area (Å²) in [6.07, 6.45) is 5.48. The van der Waals surface area contributed by atoms with Gasteiger partial charge >= 0.3 is 5.97 Å². The molecule has 2 rings (SSSR count). The highest BCUT2D eigenvalue weighted by molar-refractivity contribution is 5.87. The van der Waals surface area contributed by atoms with E-state index in [-0.39, 0.29) is 12.1 Å². The van der Waals surface area contributed by atoms with Crippen molar-refractivity contribution in [1.29, 1.82) is 0 Å². The van der Waals surface area contributed by atoms with Gasteiger partial charge in [-0.1, -0.05) is 0 Å². The molecule has 1 aliphatic heterocycles. The largest absolute Gasteiger partial charge is 0.464 e. The maximum Gasteiger partial charge on any atom is 0.356 e. The van der Waals surface area contributed by atoms with Crippen molar-refractivity contribution < 1.29 is 14.3 Å². The summed E-state index contributed by atoms with van der Waals surface area (Å²) in [6, 6.07) is 0. The minimum absolute atomic E-state index is 0.197. The summed E-state index contributed by atoms with van der Waals surface area (Å²) < 4.78 is 11.9. The summed E-state index contributed by atoms with van der Waals surface area (Å²) in [6.45, 7) is 1.48. The monoisotopic (exact) mass is 210 g/mol. The maximum atomic E-state index is 11.3. The Kier molecular flexibility index (Phi) is 3.01. The van der Waals surface area contributed by atoms with Gasteiger partial charge in [-0.15, -0.1) is 0 Å². The van der Waals surface area contributed by atoms with Crippen LogP contribution in [0.15, 0.2) is 12.5 Å². The Labute approximate surface area is 88.0 Å². The topological polar surface area (TPSA) is 53.3 Å². The average Bonchev–Trinajstić information content (AvgIpc) is 2.88. The summed E-state index contributed by atoms with van der Waals surface area (Å²) in [5, 5.41) is 0. The Morgan fingerprint density at radius 2 is 2.67 bits per heavy atom. The molecule has 2 heterocycles. The van der Waals surface area contributed by atoms with Gasteiger partial charge < -0.3 is 14.0 Å². The van der Waals surface area contributed by atoms with Crippen LogP contribution in [-0.4, -0.2) is 35.3 Å². The van der Waals surface area contributed by atoms with Crippen molar-refractivity contribution >= 4 is 5.97 Å². The van der Waals surface area contributed by atoms with Gasteiger partial charge in [0.25, 0.3) is 0 Å². The van der Waals surface area contributed by atoms with E-state index in [4.69, 9.17) is 4.74 Å². The number of nitrogens with zero attached hydrogens (tertiary/aromatic N) is 2. The standard InChI is InChI=1S/C10H14N2O3/c1-14-10(13)9-5-11-7-12(9)6-8-3-2-4-15-8/h5,7-8H,2-4,6H2,1H3/t8-/m1/s1. The average molecular weight is 210 g/mol. The van der Waals surface area contributed by atoms with Crippen molar-refractivity contribution in [2.45, 2.75) is 25.5 Å². The molecule has 1 aromatic rings. The number of esters is 1. The van der Waals surface area contributed by atoms with Crippen LogP contribution < -0.4 is 0 Å². The number of ether oxygens (including phenoxy) is 2. The molecular formula is C10H14N2O3. The van der Waals surface area contributed by atoms with Crippen LogP contribution in [0.25, 0.3) is 0 Å². The summed E-state index contributed by atoms with van der Waals surface area (Å²) in [5.41, 5.74) is 0.480. The molecule has 0 aromatic carbocycles. The Balaban J connectivity index is 2.07. The fourth-order valence-electron chi connectivity index (χ4n) is 1.75. The normalized spacial score (nSPS) is 20.5. The summed E-state index contributed by atoms with van der Waals surface area (Å²) >= 11 is 0. The van der Waals surface area contributed by atoms with Gasteiger partial charge in [-0.05, 0) is 12.8 Å². The zero-order valence-corrected chi connectivity index (χ0v) is 8.68. The van der Waals surface area contributed by atoms with Gasteiger partial charge in [-0.3, -0.25) is 0 Å². The van der Waals surface area contributed by atoms with Gasteiger partial charge in [-0.25, -0.2) is 9.78 Å². The lowest BCUT2D eigenvalue weighted by Crippen LogP contribution is -2.18. The lowest BCUT2D eigenvalue weighted by Gasteiger charge is -2.11. The van der Waals surface area contributed by atoms with E-state index in [1.54, 1.807) is 10.9 Å². The Hall–Kier alpha value is -1.36. The molecule has 1 fully saturated rings. The van der Waals surface area contributed by atoms with Crippen molar-refractivity contribution in [2.24, 2.45) is 0 Å². The highest BCUT2D eigenvalue weighted by Crippen LogP contribution is 2.15. The molecule has 0 aliphatic carbocycles. The lowest BCUT2D eigenvalue weighted by atomic mass is 10.2. The molecule has 1 aliphatic rings. The summed E-state index contributed by atoms with van der Waals surface area (Å²) in [5.74, 6) is -0.356. The van der Waals surface area contributed by atoms with E-state index in [2.05, 4.69) is 9.72 Å². The first-order valence-corrected chi connectivity index (χ1v) is 5.01. The minimum atomic E-state index is -0.356. The number of carbonyl (C=O) groups is 1. The molecule has 0 N–H and O–H groups in total. The van der Waals surface area contributed by atoms with E-state index in [9.17, 15) is 4.79 Å². The molecule has 1 aromatic heterocycles. The first-order valence-electron chi connectivity index (χ1n) is 5.01. The molecule has 1 saturated heterocycles. The van der Waals surface area contributed by atoms with Gasteiger partial charge in [-0.2, -0.15) is 0 Å². The fourth-order valence-corrected chi connectivity index (χ4v) is 1.75. The zero-order chi connectivity index (χ0) is 10.7. The minimum Gasteiger partial charge on any atom is -0.464 e. The lowest BCUT2D eigenvalue weighted by molar-refractivity contribution is 0.0577. The van der Waals surface area contributed by atoms with Gasteiger partial charge in [0.05, 0.1) is 32.3 Å². The van der Waals surface area contributed by atoms with Crippen LogP contribution in [0.3, 0.4) is 0 Å². The van der Waals surface area contributed by atoms with Crippen LogP contribution in [0, 0.1) is 0 Å². The van der Waals surface area contributed by atoms with E-state index in [0.717, 1.165) is 19.4 Å². The van der Waals surface area contributed by atoms with E-state index in [0.29, 0.717) is 12.2 Å². The van der Waals surface area contributed by atoms with E-state index in [1.807, 2.05) is 0 Å². The van der Waals surface area contributed by atoms with E-state index < -0.39 is 0 Å². The molecule has 0 amide bonds. The Morgan fingerprint density at radius 3 is 3.33 bits per heavy atom. The van der Waals surface area contributed by atoms with Gasteiger partial charge in [0.2, 0.25) is 0 Å². The second-order valence-corrected chi connectivity index (χ2v) is 3.56. The van der Waals surface area contributed by atoms with Gasteiger partial charge in [0.15, 0.2) is 0 Å². The number of carbonyl (C=O) groups excluding carboxylic acids is 1. The van der Waals surface area contributed by atoms with Crippen molar-refractivity contribution in [3.8, 4) is 0 Å². The highest BCUT2D eigenvalue weighted by Gasteiger charge is 2.19. The summed E-state index contributed by atoms with van der Waals surface area (Å²) in [7, 11) is 1.37. The third-order valence-electron chi connectivity index (χ3n) is 2.53. The molecule has 0 radical (unpaired) electrons. The number of aromatic nitrogens is 2. The van der Waals surface area contributed by atoms with Crippen molar-refractivity contribution in [2.75, 3.05) is 13.7 Å². The van der Waals surface area contributed by atoms with E-state index >= 15 is 0 Å². The van der Waals surface area contributed by atoms with Crippen molar-refractivity contribution in [1.82, 2.24) is 9.55 Å². The first-order chi connectivity index (χ1) is 7.31. The van der Waals surface area contributed by atoms with Gasteiger partial charge in [0.1, 0.15) is 5.69 Å². The van der Waals surface area contributed by atoms with Crippen LogP contribution in [0.2, 0.25) is 0 Å². The smallest absolute Gasteiger partial charge is 0.356 e. The molecule has 0 spiro atoms. The van der Waals surface area contributed by atoms with Crippen LogP contribution >= 0.6 is 0 Å². The number of methoxy groups -OCH3 is 1. The third-order valence-corrected chi connectivity index (χ3v) is 2.53. The maximum absolute atomic E-state index is 11.3. The zero-order valence-electron chi connectivity index (χ0n) is 8.68. The Morgan fingerprint density at radius 1 is 1.80 bits per heavy atom. The predicted octanol–water partition coefficient (Wildman–Crippen LogP) is 0.849. The highest BCUT2D eigenvalue weighted by atomic mass is 16.5. The predicted molar refractivity (Wildman–Crippen MR) is 52.5 cm³/mol. The second-order valence-electron chi connectivity index (χ2n) is 3.56. The molecule has 0 bridgehead atoms. The molecule has 82 valence electrons. The third kappa shape index (κ3) is 2.18. The molecular weight excluding hydrogens is 196 g/mol.